The van der Waals surface area contributed by atoms with Crippen LogP contribution in [0, 0.1) is 17.3 Å². The molecule has 8 nitrogen and oxygen atoms in total. The van der Waals surface area contributed by atoms with E-state index < -0.39 is 29.7 Å². The molecule has 3 rings (SSSR count). The van der Waals surface area contributed by atoms with E-state index >= 15 is 0 Å². The van der Waals surface area contributed by atoms with E-state index in [1.54, 1.807) is 12.2 Å². The van der Waals surface area contributed by atoms with E-state index in [0.717, 1.165) is 25.1 Å². The summed E-state index contributed by atoms with van der Waals surface area (Å²) < 4.78 is 0. The Hall–Kier alpha value is -2.48. The van der Waals surface area contributed by atoms with E-state index in [2.05, 4.69) is 22.5 Å². The van der Waals surface area contributed by atoms with Crippen LogP contribution in [0.2, 0.25) is 0 Å². The number of likely N-dealkylation sites (tertiary alicyclic amines) is 1. The molecule has 26 heavy (non-hydrogen) atoms. The van der Waals surface area contributed by atoms with Crippen molar-refractivity contribution in [2.45, 2.75) is 25.8 Å². The van der Waals surface area contributed by atoms with Crippen LogP contribution in [0.3, 0.4) is 0 Å². The standard InChI is InChI=1S/C18H24N4O4/c1-18(8-19)9-22(10-18)12-2-3-13(11(6-12)7-23)16(25)20-14-4-5-15(24)21-17(14)26/h2-3,6-7,11,13-14H,4-5,8-10,19H2,1H3,(H,20,25)(H,21,24,26). The number of imide groups is 1. The first kappa shape index (κ1) is 18.3. The summed E-state index contributed by atoms with van der Waals surface area (Å²) in [6, 6.07) is -0.744. The zero-order valence-electron chi connectivity index (χ0n) is 14.7. The fourth-order valence-electron chi connectivity index (χ4n) is 3.57. The number of nitrogens with one attached hydrogen (secondary N) is 2. The quantitative estimate of drug-likeness (QED) is 0.430. The fraction of sp³-hybridized carbons (Fsp3) is 0.556. The number of hydrogen-bond acceptors (Lipinski definition) is 6. The first-order valence-electron chi connectivity index (χ1n) is 8.79. The van der Waals surface area contributed by atoms with E-state index in [9.17, 15) is 19.2 Å². The van der Waals surface area contributed by atoms with Crippen molar-refractivity contribution in [1.82, 2.24) is 15.5 Å². The van der Waals surface area contributed by atoms with Gasteiger partial charge in [-0.1, -0.05) is 13.0 Å². The summed E-state index contributed by atoms with van der Waals surface area (Å²) in [4.78, 5) is 49.1. The third-order valence-corrected chi connectivity index (χ3v) is 5.27. The number of rotatable bonds is 5. The van der Waals surface area contributed by atoms with Gasteiger partial charge in [0.1, 0.15) is 12.3 Å². The van der Waals surface area contributed by atoms with E-state index in [-0.39, 0.29) is 24.2 Å². The number of carbonyl (C=O) groups excluding carboxylic acids is 4. The molecule has 0 spiro atoms. The predicted molar refractivity (Wildman–Crippen MR) is 93.3 cm³/mol. The lowest BCUT2D eigenvalue weighted by molar-refractivity contribution is -0.138. The van der Waals surface area contributed by atoms with E-state index in [0.29, 0.717) is 6.54 Å². The Bertz CT molecular complexity index is 693. The monoisotopic (exact) mass is 360 g/mol. The lowest BCUT2D eigenvalue weighted by Gasteiger charge is -2.50. The van der Waals surface area contributed by atoms with Crippen LogP contribution >= 0.6 is 0 Å². The van der Waals surface area contributed by atoms with Gasteiger partial charge in [-0.2, -0.15) is 0 Å². The van der Waals surface area contributed by atoms with E-state index in [1.807, 2.05) is 6.08 Å². The summed E-state index contributed by atoms with van der Waals surface area (Å²) in [5.41, 5.74) is 6.76. The van der Waals surface area contributed by atoms with Gasteiger partial charge in [0, 0.05) is 43.1 Å². The molecule has 0 saturated carbocycles. The van der Waals surface area contributed by atoms with Crippen molar-refractivity contribution in [3.63, 3.8) is 0 Å². The van der Waals surface area contributed by atoms with Crippen LogP contribution < -0.4 is 16.4 Å². The first-order valence-corrected chi connectivity index (χ1v) is 8.79. The third kappa shape index (κ3) is 3.55. The molecule has 3 atom stereocenters. The van der Waals surface area contributed by atoms with Crippen molar-refractivity contribution in [3.05, 3.63) is 23.9 Å². The summed E-state index contributed by atoms with van der Waals surface area (Å²) in [5.74, 6) is -2.49. The van der Waals surface area contributed by atoms with Gasteiger partial charge in [0.15, 0.2) is 0 Å². The number of amides is 3. The second kappa shape index (κ2) is 7.03. The fourth-order valence-corrected chi connectivity index (χ4v) is 3.57. The lowest BCUT2D eigenvalue weighted by atomic mass is 9.80. The topological polar surface area (TPSA) is 122 Å². The molecule has 2 fully saturated rings. The average Bonchev–Trinajstić information content (AvgIpc) is 2.60. The average molecular weight is 360 g/mol. The third-order valence-electron chi connectivity index (χ3n) is 5.27. The number of allylic oxidation sites excluding steroid dienone is 2. The molecule has 0 aromatic carbocycles. The summed E-state index contributed by atoms with van der Waals surface area (Å²) in [6.45, 7) is 4.36. The minimum Gasteiger partial charge on any atom is -0.370 e. The second-order valence-electron chi connectivity index (χ2n) is 7.57. The molecule has 140 valence electrons. The second-order valence-corrected chi connectivity index (χ2v) is 7.57. The molecule has 3 unspecified atom stereocenters. The number of hydrogen-bond donors (Lipinski definition) is 3. The molecule has 2 saturated heterocycles. The van der Waals surface area contributed by atoms with Crippen LogP contribution in [0.4, 0.5) is 0 Å². The number of piperidine rings is 1. The van der Waals surface area contributed by atoms with Crippen molar-refractivity contribution in [3.8, 4) is 0 Å². The summed E-state index contributed by atoms with van der Waals surface area (Å²) in [7, 11) is 0. The first-order chi connectivity index (χ1) is 12.3. The Balaban J connectivity index is 1.62. The van der Waals surface area contributed by atoms with Gasteiger partial charge in [-0.15, -0.1) is 0 Å². The Morgan fingerprint density at radius 1 is 1.46 bits per heavy atom. The Kier molecular flexibility index (Phi) is 4.95. The highest BCUT2D eigenvalue weighted by Crippen LogP contribution is 2.34. The smallest absolute Gasteiger partial charge is 0.249 e. The number of nitrogens with two attached hydrogens (primary N) is 1. The highest BCUT2D eigenvalue weighted by atomic mass is 16.2. The summed E-state index contributed by atoms with van der Waals surface area (Å²) in [6.07, 6.45) is 6.54. The highest BCUT2D eigenvalue weighted by Gasteiger charge is 2.40. The molecule has 0 radical (unpaired) electrons. The van der Waals surface area contributed by atoms with Crippen molar-refractivity contribution in [2.24, 2.45) is 23.0 Å². The van der Waals surface area contributed by atoms with Gasteiger partial charge >= 0.3 is 0 Å². The minimum atomic E-state index is -0.744. The molecule has 0 aromatic rings. The van der Waals surface area contributed by atoms with Crippen LogP contribution in [0.15, 0.2) is 23.9 Å². The maximum atomic E-state index is 12.5. The highest BCUT2D eigenvalue weighted by molar-refractivity contribution is 6.02. The van der Waals surface area contributed by atoms with Gasteiger partial charge < -0.3 is 20.7 Å². The van der Waals surface area contributed by atoms with Crippen molar-refractivity contribution >= 4 is 24.0 Å². The number of aldehydes is 1. The Labute approximate surface area is 151 Å². The molecule has 2 aliphatic heterocycles. The van der Waals surface area contributed by atoms with Crippen LogP contribution in [0.25, 0.3) is 0 Å². The number of carbonyl (C=O) groups is 4. The lowest BCUT2D eigenvalue weighted by Crippen LogP contribution is -2.57. The SMILES string of the molecule is CC1(CN)CN(C2=CC(C=O)C(C(=O)NC3CCC(=O)NC3=O)C=C2)C1. The summed E-state index contributed by atoms with van der Waals surface area (Å²) >= 11 is 0. The van der Waals surface area contributed by atoms with Crippen molar-refractivity contribution < 1.29 is 19.2 Å². The molecule has 1 aliphatic carbocycles. The van der Waals surface area contributed by atoms with Gasteiger partial charge in [-0.05, 0) is 18.6 Å². The molecule has 0 aromatic heterocycles. The Morgan fingerprint density at radius 2 is 2.19 bits per heavy atom. The van der Waals surface area contributed by atoms with Crippen molar-refractivity contribution in [1.29, 1.82) is 0 Å². The van der Waals surface area contributed by atoms with Crippen LogP contribution in [-0.2, 0) is 19.2 Å². The van der Waals surface area contributed by atoms with E-state index in [1.165, 1.54) is 0 Å². The zero-order valence-corrected chi connectivity index (χ0v) is 14.7. The Morgan fingerprint density at radius 3 is 2.81 bits per heavy atom. The summed E-state index contributed by atoms with van der Waals surface area (Å²) in [5, 5.41) is 4.85. The maximum absolute atomic E-state index is 12.5. The van der Waals surface area contributed by atoms with Gasteiger partial charge in [0.05, 0.1) is 5.92 Å². The molecule has 0 bridgehead atoms. The molecule has 8 heteroatoms. The molecule has 3 aliphatic rings. The maximum Gasteiger partial charge on any atom is 0.249 e. The van der Waals surface area contributed by atoms with Crippen LogP contribution in [-0.4, -0.2) is 54.6 Å². The molecular weight excluding hydrogens is 336 g/mol. The predicted octanol–water partition coefficient (Wildman–Crippen LogP) is -0.927. The molecule has 3 amide bonds. The van der Waals surface area contributed by atoms with Gasteiger partial charge in [0.2, 0.25) is 17.7 Å². The van der Waals surface area contributed by atoms with Gasteiger partial charge in [0.25, 0.3) is 0 Å². The van der Waals surface area contributed by atoms with Gasteiger partial charge in [-0.3, -0.25) is 19.7 Å². The van der Waals surface area contributed by atoms with Crippen molar-refractivity contribution in [2.75, 3.05) is 19.6 Å². The number of nitrogens with zero attached hydrogens (tertiary/aromatic N) is 1. The molecule has 2 heterocycles. The van der Waals surface area contributed by atoms with Crippen LogP contribution in [0.5, 0.6) is 0 Å². The van der Waals surface area contributed by atoms with Gasteiger partial charge in [-0.25, -0.2) is 0 Å². The zero-order chi connectivity index (χ0) is 18.9. The molecule has 4 N–H and O–H groups in total. The van der Waals surface area contributed by atoms with E-state index in [4.69, 9.17) is 5.73 Å². The largest absolute Gasteiger partial charge is 0.370 e. The normalized spacial score (nSPS) is 30.2. The van der Waals surface area contributed by atoms with Crippen LogP contribution in [0.1, 0.15) is 19.8 Å². The molecular formula is C18H24N4O4. The minimum absolute atomic E-state index is 0.0886.